The monoisotopic (exact) mass is 348 g/mol. The third kappa shape index (κ3) is 2.91. The van der Waals surface area contributed by atoms with Gasteiger partial charge in [-0.15, -0.1) is 0 Å². The Morgan fingerprint density at radius 1 is 0.880 bits per heavy atom. The highest BCUT2D eigenvalue weighted by Gasteiger charge is 2.60. The summed E-state index contributed by atoms with van der Waals surface area (Å²) in [6.07, 6.45) is 10.9. The standard InChI is InChI=1S/C21H34O2.C2H6/c1-13(22)17-6-7-18-16-5-4-14-12-15(23)8-10-20(14,2)19(16)9-11-21(17,18)3;1-2/h14-19,23H,4-12H2,1-3H3;1-2H3/t14-,15?,16?,17?,18?,19?,20?,21?;/m0./s1. The molecule has 0 aliphatic heterocycles. The summed E-state index contributed by atoms with van der Waals surface area (Å²) in [5, 5.41) is 10.1. The molecule has 4 aliphatic rings. The Kier molecular flexibility index (Phi) is 5.42. The molecule has 0 amide bonds. The van der Waals surface area contributed by atoms with E-state index >= 15 is 0 Å². The van der Waals surface area contributed by atoms with Crippen LogP contribution in [0.4, 0.5) is 0 Å². The maximum atomic E-state index is 12.2. The fourth-order valence-electron chi connectivity index (χ4n) is 7.90. The first-order valence-corrected chi connectivity index (χ1v) is 11.0. The third-order valence-corrected chi connectivity index (χ3v) is 9.13. The molecular weight excluding hydrogens is 308 g/mol. The quantitative estimate of drug-likeness (QED) is 0.667. The molecule has 4 fully saturated rings. The van der Waals surface area contributed by atoms with Crippen molar-refractivity contribution in [1.82, 2.24) is 0 Å². The zero-order valence-corrected chi connectivity index (χ0v) is 17.2. The summed E-state index contributed by atoms with van der Waals surface area (Å²) in [6, 6.07) is 0. The summed E-state index contributed by atoms with van der Waals surface area (Å²) < 4.78 is 0. The van der Waals surface area contributed by atoms with E-state index in [-0.39, 0.29) is 11.5 Å². The summed E-state index contributed by atoms with van der Waals surface area (Å²) in [5.41, 5.74) is 0.738. The summed E-state index contributed by atoms with van der Waals surface area (Å²) in [4.78, 5) is 12.2. The summed E-state index contributed by atoms with van der Waals surface area (Å²) in [7, 11) is 0. The fraction of sp³-hybridized carbons (Fsp3) is 0.957. The van der Waals surface area contributed by atoms with Gasteiger partial charge in [0.05, 0.1) is 6.10 Å². The number of hydrogen-bond acceptors (Lipinski definition) is 2. The van der Waals surface area contributed by atoms with Gasteiger partial charge in [-0.05, 0) is 99.2 Å². The zero-order chi connectivity index (χ0) is 18.4. The number of Topliss-reactive ketones (excluding diaryl/α,β-unsaturated/α-hetero) is 1. The predicted octanol–water partition coefficient (Wildman–Crippen LogP) is 5.62. The second-order valence-electron chi connectivity index (χ2n) is 9.87. The van der Waals surface area contributed by atoms with Gasteiger partial charge in [-0.3, -0.25) is 4.79 Å². The van der Waals surface area contributed by atoms with E-state index < -0.39 is 0 Å². The number of ketones is 1. The van der Waals surface area contributed by atoms with E-state index in [1.807, 2.05) is 20.8 Å². The van der Waals surface area contributed by atoms with Gasteiger partial charge in [-0.25, -0.2) is 0 Å². The molecule has 0 heterocycles. The molecule has 0 aromatic rings. The number of hydrogen-bond donors (Lipinski definition) is 1. The van der Waals surface area contributed by atoms with Crippen molar-refractivity contribution < 1.29 is 9.90 Å². The van der Waals surface area contributed by atoms with Crippen LogP contribution in [0.1, 0.15) is 92.4 Å². The maximum Gasteiger partial charge on any atom is 0.133 e. The SMILES string of the molecule is CC.CC(=O)C1CCC2C3CC[C@H]4CC(O)CCC4(C)C3CCC12C. The van der Waals surface area contributed by atoms with Gasteiger partial charge in [0.15, 0.2) is 0 Å². The van der Waals surface area contributed by atoms with Gasteiger partial charge >= 0.3 is 0 Å². The van der Waals surface area contributed by atoms with E-state index in [0.29, 0.717) is 17.1 Å². The molecule has 0 bridgehead atoms. The number of carbonyl (C=O) groups excluding carboxylic acids is 1. The Bertz CT molecular complexity index is 500. The molecule has 25 heavy (non-hydrogen) atoms. The fourth-order valence-corrected chi connectivity index (χ4v) is 7.90. The van der Waals surface area contributed by atoms with Gasteiger partial charge < -0.3 is 5.11 Å². The van der Waals surface area contributed by atoms with Gasteiger partial charge in [0.2, 0.25) is 0 Å². The number of aliphatic hydroxyl groups is 1. The Morgan fingerprint density at radius 3 is 2.20 bits per heavy atom. The number of carbonyl (C=O) groups is 1. The highest BCUT2D eigenvalue weighted by molar-refractivity contribution is 5.79. The minimum atomic E-state index is -0.0490. The highest BCUT2D eigenvalue weighted by atomic mass is 16.3. The van der Waals surface area contributed by atoms with E-state index in [9.17, 15) is 9.90 Å². The molecule has 0 aromatic carbocycles. The molecule has 7 unspecified atom stereocenters. The molecular formula is C23H40O2. The lowest BCUT2D eigenvalue weighted by atomic mass is 9.44. The Hall–Kier alpha value is -0.370. The van der Waals surface area contributed by atoms with Crippen LogP contribution in [0.3, 0.4) is 0 Å². The maximum absolute atomic E-state index is 12.2. The van der Waals surface area contributed by atoms with Gasteiger partial charge in [-0.2, -0.15) is 0 Å². The summed E-state index contributed by atoms with van der Waals surface area (Å²) in [5.74, 6) is 3.97. The number of rotatable bonds is 1. The minimum Gasteiger partial charge on any atom is -0.393 e. The molecule has 2 nitrogen and oxygen atoms in total. The van der Waals surface area contributed by atoms with E-state index in [0.717, 1.165) is 42.9 Å². The van der Waals surface area contributed by atoms with Crippen molar-refractivity contribution in [3.05, 3.63) is 0 Å². The van der Waals surface area contributed by atoms with Gasteiger partial charge in [-0.1, -0.05) is 27.7 Å². The van der Waals surface area contributed by atoms with Gasteiger partial charge in [0, 0.05) is 5.92 Å². The van der Waals surface area contributed by atoms with Gasteiger partial charge in [0.25, 0.3) is 0 Å². The van der Waals surface area contributed by atoms with Crippen LogP contribution in [0.25, 0.3) is 0 Å². The predicted molar refractivity (Wildman–Crippen MR) is 103 cm³/mol. The van der Waals surface area contributed by atoms with Crippen molar-refractivity contribution in [2.45, 2.75) is 98.5 Å². The van der Waals surface area contributed by atoms with E-state index in [4.69, 9.17) is 0 Å². The minimum absolute atomic E-state index is 0.0490. The van der Waals surface area contributed by atoms with Crippen molar-refractivity contribution >= 4 is 5.78 Å². The van der Waals surface area contributed by atoms with E-state index in [2.05, 4.69) is 13.8 Å². The largest absolute Gasteiger partial charge is 0.393 e. The Morgan fingerprint density at radius 2 is 1.52 bits per heavy atom. The highest BCUT2D eigenvalue weighted by Crippen LogP contribution is 2.67. The zero-order valence-electron chi connectivity index (χ0n) is 17.2. The molecule has 4 rings (SSSR count). The summed E-state index contributed by atoms with van der Waals surface area (Å²) >= 11 is 0. The van der Waals surface area contributed by atoms with E-state index in [1.54, 1.807) is 0 Å². The van der Waals surface area contributed by atoms with Gasteiger partial charge in [0.1, 0.15) is 5.78 Å². The van der Waals surface area contributed by atoms with Crippen LogP contribution in [0.15, 0.2) is 0 Å². The van der Waals surface area contributed by atoms with Crippen LogP contribution in [-0.2, 0) is 4.79 Å². The second kappa shape index (κ2) is 6.98. The topological polar surface area (TPSA) is 37.3 Å². The molecule has 0 radical (unpaired) electrons. The van der Waals surface area contributed by atoms with Crippen molar-refractivity contribution in [1.29, 1.82) is 0 Å². The molecule has 2 heteroatoms. The molecule has 4 saturated carbocycles. The molecule has 0 saturated heterocycles. The molecule has 4 aliphatic carbocycles. The van der Waals surface area contributed by atoms with E-state index in [1.165, 1.54) is 38.5 Å². The normalized spacial score (nSPS) is 51.4. The first-order valence-electron chi connectivity index (χ1n) is 11.0. The third-order valence-electron chi connectivity index (χ3n) is 9.13. The molecule has 0 aromatic heterocycles. The first-order chi connectivity index (χ1) is 11.9. The summed E-state index contributed by atoms with van der Waals surface area (Å²) in [6.45, 7) is 10.8. The molecule has 144 valence electrons. The van der Waals surface area contributed by atoms with Crippen molar-refractivity contribution in [3.8, 4) is 0 Å². The van der Waals surface area contributed by atoms with Crippen LogP contribution in [-0.4, -0.2) is 17.0 Å². The Labute approximate surface area is 155 Å². The van der Waals surface area contributed by atoms with Crippen LogP contribution in [0, 0.1) is 40.4 Å². The number of fused-ring (bicyclic) bond motifs is 5. The average Bonchev–Trinajstić information content (AvgIpc) is 2.95. The molecule has 8 atom stereocenters. The van der Waals surface area contributed by atoms with Crippen LogP contribution in [0.2, 0.25) is 0 Å². The van der Waals surface area contributed by atoms with Crippen molar-refractivity contribution in [2.75, 3.05) is 0 Å². The van der Waals surface area contributed by atoms with Crippen LogP contribution >= 0.6 is 0 Å². The molecule has 1 N–H and O–H groups in total. The lowest BCUT2D eigenvalue weighted by Gasteiger charge is -2.60. The number of aliphatic hydroxyl groups excluding tert-OH is 1. The van der Waals surface area contributed by atoms with Crippen LogP contribution in [0.5, 0.6) is 0 Å². The average molecular weight is 349 g/mol. The molecule has 0 spiro atoms. The lowest BCUT2D eigenvalue weighted by Crippen LogP contribution is -2.54. The first kappa shape index (κ1) is 19.4. The lowest BCUT2D eigenvalue weighted by molar-refractivity contribution is -0.138. The Balaban J connectivity index is 0.000000880. The second-order valence-corrected chi connectivity index (χ2v) is 9.87. The van der Waals surface area contributed by atoms with Crippen LogP contribution < -0.4 is 0 Å². The van der Waals surface area contributed by atoms with Crippen molar-refractivity contribution in [3.63, 3.8) is 0 Å². The smallest absolute Gasteiger partial charge is 0.133 e. The van der Waals surface area contributed by atoms with Crippen molar-refractivity contribution in [2.24, 2.45) is 40.4 Å².